The Kier molecular flexibility index (Phi) is 4.43. The van der Waals surface area contributed by atoms with Gasteiger partial charge in [-0.1, -0.05) is 26.7 Å². The number of likely N-dealkylation sites (tertiary alicyclic amines) is 1. The average Bonchev–Trinajstić information content (AvgIpc) is 2.55. The minimum atomic E-state index is 0.0926. The van der Waals surface area contributed by atoms with Crippen LogP contribution < -0.4 is 5.32 Å². The predicted molar refractivity (Wildman–Crippen MR) is 69.8 cm³/mol. The van der Waals surface area contributed by atoms with E-state index in [4.69, 9.17) is 0 Å². The third kappa shape index (κ3) is 3.44. The number of carbonyl (C=O) groups is 1. The minimum absolute atomic E-state index is 0.0926. The van der Waals surface area contributed by atoms with Gasteiger partial charge in [0.25, 0.3) is 0 Å². The quantitative estimate of drug-likeness (QED) is 0.758. The lowest BCUT2D eigenvalue weighted by Gasteiger charge is -2.37. The third-order valence-electron chi connectivity index (χ3n) is 4.04. The average molecular weight is 238 g/mol. The van der Waals surface area contributed by atoms with Crippen molar-refractivity contribution >= 4 is 5.91 Å². The molecule has 2 saturated heterocycles. The molecule has 2 fully saturated rings. The van der Waals surface area contributed by atoms with Crippen LogP contribution in [0.2, 0.25) is 0 Å². The van der Waals surface area contributed by atoms with Gasteiger partial charge in [-0.15, -0.1) is 0 Å². The van der Waals surface area contributed by atoms with E-state index >= 15 is 0 Å². The summed E-state index contributed by atoms with van der Waals surface area (Å²) in [4.78, 5) is 14.6. The molecule has 0 radical (unpaired) electrons. The first-order valence-corrected chi connectivity index (χ1v) is 7.19. The van der Waals surface area contributed by atoms with Crippen LogP contribution in [0.25, 0.3) is 0 Å². The summed E-state index contributed by atoms with van der Waals surface area (Å²) in [5.41, 5.74) is 0. The van der Waals surface area contributed by atoms with Crippen LogP contribution in [0.3, 0.4) is 0 Å². The lowest BCUT2D eigenvalue weighted by atomic mass is 9.91. The standard InChI is InChI=1S/C14H26N2O/c1-11-8-12(2)10-16(9-11)14(17)13-6-4-3-5-7-15-13/h11-13,15H,3-10H2,1-2H3. The molecule has 3 unspecified atom stereocenters. The van der Waals surface area contributed by atoms with E-state index in [9.17, 15) is 4.79 Å². The van der Waals surface area contributed by atoms with E-state index < -0.39 is 0 Å². The number of hydrogen-bond acceptors (Lipinski definition) is 2. The summed E-state index contributed by atoms with van der Waals surface area (Å²) in [5.74, 6) is 1.67. The van der Waals surface area contributed by atoms with Gasteiger partial charge in [0.2, 0.25) is 5.91 Å². The first kappa shape index (κ1) is 12.9. The summed E-state index contributed by atoms with van der Waals surface area (Å²) >= 11 is 0. The van der Waals surface area contributed by atoms with Crippen molar-refractivity contribution in [3.8, 4) is 0 Å². The fraction of sp³-hybridized carbons (Fsp3) is 0.929. The molecule has 0 aromatic rings. The van der Waals surface area contributed by atoms with Crippen LogP contribution in [0.4, 0.5) is 0 Å². The molecule has 0 aromatic heterocycles. The van der Waals surface area contributed by atoms with Crippen molar-refractivity contribution in [2.75, 3.05) is 19.6 Å². The molecule has 0 aromatic carbocycles. The molecular weight excluding hydrogens is 212 g/mol. The lowest BCUT2D eigenvalue weighted by Crippen LogP contribution is -2.51. The Bertz CT molecular complexity index is 249. The molecule has 98 valence electrons. The zero-order valence-electron chi connectivity index (χ0n) is 11.2. The molecule has 0 spiro atoms. The topological polar surface area (TPSA) is 32.3 Å². The van der Waals surface area contributed by atoms with E-state index in [-0.39, 0.29) is 6.04 Å². The molecule has 1 amide bonds. The molecule has 3 heteroatoms. The molecule has 2 aliphatic heterocycles. The maximum atomic E-state index is 12.5. The number of rotatable bonds is 1. The highest BCUT2D eigenvalue weighted by Crippen LogP contribution is 2.22. The largest absolute Gasteiger partial charge is 0.341 e. The fourth-order valence-electron chi connectivity index (χ4n) is 3.30. The Labute approximate surface area is 105 Å². The maximum Gasteiger partial charge on any atom is 0.239 e. The highest BCUT2D eigenvalue weighted by molar-refractivity contribution is 5.82. The van der Waals surface area contributed by atoms with Crippen LogP contribution >= 0.6 is 0 Å². The van der Waals surface area contributed by atoms with Crippen molar-refractivity contribution in [3.63, 3.8) is 0 Å². The zero-order chi connectivity index (χ0) is 12.3. The Balaban J connectivity index is 1.93. The van der Waals surface area contributed by atoms with Crippen LogP contribution in [-0.4, -0.2) is 36.5 Å². The van der Waals surface area contributed by atoms with Crippen LogP contribution in [0, 0.1) is 11.8 Å². The second-order valence-corrected chi connectivity index (χ2v) is 6.05. The van der Waals surface area contributed by atoms with Gasteiger partial charge >= 0.3 is 0 Å². The summed E-state index contributed by atoms with van der Waals surface area (Å²) in [7, 11) is 0. The Morgan fingerprint density at radius 1 is 1.12 bits per heavy atom. The normalized spacial score (nSPS) is 35.4. The van der Waals surface area contributed by atoms with Crippen LogP contribution in [-0.2, 0) is 4.79 Å². The van der Waals surface area contributed by atoms with Crippen molar-refractivity contribution in [2.24, 2.45) is 11.8 Å². The summed E-state index contributed by atoms with van der Waals surface area (Å²) < 4.78 is 0. The van der Waals surface area contributed by atoms with Gasteiger partial charge in [-0.3, -0.25) is 4.79 Å². The van der Waals surface area contributed by atoms with E-state index in [1.165, 1.54) is 25.7 Å². The number of piperidine rings is 1. The predicted octanol–water partition coefficient (Wildman–Crippen LogP) is 2.02. The highest BCUT2D eigenvalue weighted by atomic mass is 16.2. The van der Waals surface area contributed by atoms with Crippen LogP contribution in [0.5, 0.6) is 0 Å². The monoisotopic (exact) mass is 238 g/mol. The molecule has 3 atom stereocenters. The second-order valence-electron chi connectivity index (χ2n) is 6.05. The van der Waals surface area contributed by atoms with Gasteiger partial charge in [0, 0.05) is 13.1 Å². The summed E-state index contributed by atoms with van der Waals surface area (Å²) in [6.07, 6.45) is 5.97. The Morgan fingerprint density at radius 2 is 1.82 bits per heavy atom. The molecule has 17 heavy (non-hydrogen) atoms. The van der Waals surface area contributed by atoms with Gasteiger partial charge in [0.1, 0.15) is 0 Å². The highest BCUT2D eigenvalue weighted by Gasteiger charge is 2.30. The molecule has 3 nitrogen and oxygen atoms in total. The van der Waals surface area contributed by atoms with Gasteiger partial charge in [0.05, 0.1) is 6.04 Å². The maximum absolute atomic E-state index is 12.5. The lowest BCUT2D eigenvalue weighted by molar-refractivity contribution is -0.136. The van der Waals surface area contributed by atoms with Gasteiger partial charge in [-0.25, -0.2) is 0 Å². The number of nitrogens with zero attached hydrogens (tertiary/aromatic N) is 1. The first-order valence-electron chi connectivity index (χ1n) is 7.19. The van der Waals surface area contributed by atoms with Crippen LogP contribution in [0.1, 0.15) is 46.0 Å². The van der Waals surface area contributed by atoms with Crippen molar-refractivity contribution < 1.29 is 4.79 Å². The number of hydrogen-bond donors (Lipinski definition) is 1. The fourth-order valence-corrected chi connectivity index (χ4v) is 3.30. The molecule has 2 heterocycles. The summed E-state index contributed by atoms with van der Waals surface area (Å²) in [6, 6.07) is 0.0926. The molecule has 0 bridgehead atoms. The van der Waals surface area contributed by atoms with Crippen LogP contribution in [0.15, 0.2) is 0 Å². The smallest absolute Gasteiger partial charge is 0.239 e. The molecule has 2 aliphatic rings. The molecule has 2 rings (SSSR count). The molecule has 1 N–H and O–H groups in total. The van der Waals surface area contributed by atoms with Gasteiger partial charge in [-0.05, 0) is 37.6 Å². The van der Waals surface area contributed by atoms with Crippen molar-refractivity contribution in [1.82, 2.24) is 10.2 Å². The molecule has 0 aliphatic carbocycles. The summed E-state index contributed by atoms with van der Waals surface area (Å²) in [5, 5.41) is 3.42. The van der Waals surface area contributed by atoms with Crippen molar-refractivity contribution in [2.45, 2.75) is 52.0 Å². The van der Waals surface area contributed by atoms with Crippen molar-refractivity contribution in [1.29, 1.82) is 0 Å². The third-order valence-corrected chi connectivity index (χ3v) is 4.04. The van der Waals surface area contributed by atoms with E-state index in [1.807, 2.05) is 0 Å². The SMILES string of the molecule is CC1CC(C)CN(C(=O)C2CCCCCN2)C1. The van der Waals surface area contributed by atoms with Gasteiger partial charge < -0.3 is 10.2 Å². The van der Waals surface area contributed by atoms with E-state index in [2.05, 4.69) is 24.1 Å². The number of nitrogens with one attached hydrogen (secondary N) is 1. The number of carbonyl (C=O) groups excluding carboxylic acids is 1. The van der Waals surface area contributed by atoms with Crippen molar-refractivity contribution in [3.05, 3.63) is 0 Å². The first-order chi connectivity index (χ1) is 8.16. The molecular formula is C14H26N2O. The second kappa shape index (κ2) is 5.85. The van der Waals surface area contributed by atoms with E-state index in [1.54, 1.807) is 0 Å². The van der Waals surface area contributed by atoms with Gasteiger partial charge in [-0.2, -0.15) is 0 Å². The minimum Gasteiger partial charge on any atom is -0.341 e. The van der Waals surface area contributed by atoms with E-state index in [0.717, 1.165) is 26.1 Å². The number of amides is 1. The zero-order valence-corrected chi connectivity index (χ0v) is 11.2. The van der Waals surface area contributed by atoms with E-state index in [0.29, 0.717) is 17.7 Å². The Hall–Kier alpha value is -0.570. The van der Waals surface area contributed by atoms with Gasteiger partial charge in [0.15, 0.2) is 0 Å². The molecule has 0 saturated carbocycles. The summed E-state index contributed by atoms with van der Waals surface area (Å²) in [6.45, 7) is 7.45. The Morgan fingerprint density at radius 3 is 2.53 bits per heavy atom.